The van der Waals surface area contributed by atoms with Gasteiger partial charge in [-0.15, -0.1) is 0 Å². The number of fused-ring (bicyclic) bond motifs is 1. The molecule has 0 saturated heterocycles. The fraction of sp³-hybridized carbons (Fsp3) is 0.294. The van der Waals surface area contributed by atoms with Gasteiger partial charge in [-0.25, -0.2) is 4.79 Å². The minimum Gasteiger partial charge on any atom is -0.461 e. The molecule has 6 nitrogen and oxygen atoms in total. The second-order valence-electron chi connectivity index (χ2n) is 5.39. The Morgan fingerprint density at radius 3 is 2.96 bits per heavy atom. The Morgan fingerprint density at radius 1 is 1.38 bits per heavy atom. The number of benzene rings is 1. The van der Waals surface area contributed by atoms with Gasteiger partial charge in [-0.1, -0.05) is 11.6 Å². The van der Waals surface area contributed by atoms with Crippen molar-refractivity contribution in [2.75, 3.05) is 13.4 Å². The largest absolute Gasteiger partial charge is 0.461 e. The normalized spacial score (nSPS) is 12.8. The van der Waals surface area contributed by atoms with Crippen molar-refractivity contribution >= 4 is 23.6 Å². The van der Waals surface area contributed by atoms with Crippen LogP contribution in [0, 0.1) is 13.8 Å². The first-order valence-corrected chi connectivity index (χ1v) is 7.86. The van der Waals surface area contributed by atoms with E-state index < -0.39 is 5.97 Å². The fourth-order valence-corrected chi connectivity index (χ4v) is 2.70. The third-order valence-electron chi connectivity index (χ3n) is 3.51. The van der Waals surface area contributed by atoms with Crippen LogP contribution in [-0.2, 0) is 16.1 Å². The van der Waals surface area contributed by atoms with Gasteiger partial charge < -0.3 is 14.2 Å². The van der Waals surface area contributed by atoms with Gasteiger partial charge in [0.05, 0.1) is 17.3 Å². The first-order chi connectivity index (χ1) is 11.5. The standard InChI is InChI=1S/C17H17ClN2O4/c1-11-7-12(2)20(19-11)5-6-22-16(21)4-3-13-8-14(18)17-15(9-13)23-10-24-17/h3-4,7-9H,5-6,10H2,1-2H3/b4-3+. The molecular formula is C17H17ClN2O4. The fourth-order valence-electron chi connectivity index (χ4n) is 2.43. The Bertz CT molecular complexity index is 798. The van der Waals surface area contributed by atoms with Gasteiger partial charge in [-0.05, 0) is 43.7 Å². The van der Waals surface area contributed by atoms with Gasteiger partial charge in [0, 0.05) is 11.8 Å². The predicted octanol–water partition coefficient (Wildman–Crippen LogP) is 3.14. The van der Waals surface area contributed by atoms with Gasteiger partial charge in [0.25, 0.3) is 0 Å². The number of ether oxygens (including phenoxy) is 3. The third-order valence-corrected chi connectivity index (χ3v) is 3.79. The number of carbonyl (C=O) groups is 1. The molecule has 1 aliphatic heterocycles. The summed E-state index contributed by atoms with van der Waals surface area (Å²) in [7, 11) is 0. The average molecular weight is 349 g/mol. The summed E-state index contributed by atoms with van der Waals surface area (Å²) in [5, 5.41) is 4.76. The molecule has 0 N–H and O–H groups in total. The Balaban J connectivity index is 1.54. The predicted molar refractivity (Wildman–Crippen MR) is 89.3 cm³/mol. The first kappa shape index (κ1) is 16.4. The molecule has 0 aliphatic carbocycles. The molecular weight excluding hydrogens is 332 g/mol. The Kier molecular flexibility index (Phi) is 4.76. The topological polar surface area (TPSA) is 62.6 Å². The van der Waals surface area contributed by atoms with E-state index in [9.17, 15) is 4.79 Å². The minimum absolute atomic E-state index is 0.149. The summed E-state index contributed by atoms with van der Waals surface area (Å²) in [6, 6.07) is 5.44. The van der Waals surface area contributed by atoms with Gasteiger partial charge >= 0.3 is 5.97 Å². The van der Waals surface area contributed by atoms with Crippen molar-refractivity contribution in [2.45, 2.75) is 20.4 Å². The molecule has 0 saturated carbocycles. The zero-order valence-corrected chi connectivity index (χ0v) is 14.2. The Hall–Kier alpha value is -2.47. The van der Waals surface area contributed by atoms with Crippen LogP contribution in [0.5, 0.6) is 11.5 Å². The van der Waals surface area contributed by atoms with E-state index in [1.54, 1.807) is 18.2 Å². The summed E-state index contributed by atoms with van der Waals surface area (Å²) in [6.45, 7) is 4.82. The highest BCUT2D eigenvalue weighted by Gasteiger charge is 2.17. The molecule has 1 aromatic heterocycles. The van der Waals surface area contributed by atoms with Crippen LogP contribution in [0.15, 0.2) is 24.3 Å². The van der Waals surface area contributed by atoms with E-state index in [1.165, 1.54) is 6.08 Å². The number of hydrogen-bond donors (Lipinski definition) is 0. The number of halogens is 1. The maximum atomic E-state index is 11.8. The van der Waals surface area contributed by atoms with Crippen LogP contribution >= 0.6 is 11.6 Å². The third kappa shape index (κ3) is 3.71. The van der Waals surface area contributed by atoms with Crippen molar-refractivity contribution in [2.24, 2.45) is 0 Å². The van der Waals surface area contributed by atoms with E-state index in [1.807, 2.05) is 24.6 Å². The van der Waals surface area contributed by atoms with Crippen molar-refractivity contribution < 1.29 is 19.0 Å². The number of aryl methyl sites for hydroxylation is 2. The first-order valence-electron chi connectivity index (χ1n) is 7.48. The summed E-state index contributed by atoms with van der Waals surface area (Å²) < 4.78 is 17.5. The van der Waals surface area contributed by atoms with Crippen molar-refractivity contribution in [1.82, 2.24) is 9.78 Å². The number of esters is 1. The van der Waals surface area contributed by atoms with E-state index in [0.717, 1.165) is 17.0 Å². The number of hydrogen-bond acceptors (Lipinski definition) is 5. The van der Waals surface area contributed by atoms with Crippen LogP contribution in [0.4, 0.5) is 0 Å². The lowest BCUT2D eigenvalue weighted by atomic mass is 10.2. The van der Waals surface area contributed by atoms with Crippen LogP contribution < -0.4 is 9.47 Å². The lowest BCUT2D eigenvalue weighted by Crippen LogP contribution is -2.11. The molecule has 7 heteroatoms. The minimum atomic E-state index is -0.426. The quantitative estimate of drug-likeness (QED) is 0.613. The van der Waals surface area contributed by atoms with E-state index in [4.69, 9.17) is 25.8 Å². The van der Waals surface area contributed by atoms with Gasteiger partial charge in [0.1, 0.15) is 6.61 Å². The van der Waals surface area contributed by atoms with Crippen LogP contribution in [0.2, 0.25) is 5.02 Å². The molecule has 0 amide bonds. The zero-order valence-electron chi connectivity index (χ0n) is 13.4. The van der Waals surface area contributed by atoms with Crippen molar-refractivity contribution in [3.05, 3.63) is 46.2 Å². The van der Waals surface area contributed by atoms with Crippen LogP contribution in [0.25, 0.3) is 6.08 Å². The number of nitrogens with zero attached hydrogens (tertiary/aromatic N) is 2. The van der Waals surface area contributed by atoms with Gasteiger partial charge in [0.15, 0.2) is 11.5 Å². The smallest absolute Gasteiger partial charge is 0.330 e. The molecule has 0 unspecified atom stereocenters. The molecule has 2 aromatic rings. The van der Waals surface area contributed by atoms with Crippen molar-refractivity contribution in [3.8, 4) is 11.5 Å². The van der Waals surface area contributed by atoms with Gasteiger partial charge in [-0.3, -0.25) is 4.68 Å². The van der Waals surface area contributed by atoms with Crippen LogP contribution in [-0.4, -0.2) is 29.1 Å². The zero-order chi connectivity index (χ0) is 17.1. The molecule has 0 spiro atoms. The second-order valence-corrected chi connectivity index (χ2v) is 5.79. The Labute approximate surface area is 144 Å². The van der Waals surface area contributed by atoms with Crippen molar-refractivity contribution in [3.63, 3.8) is 0 Å². The molecule has 0 radical (unpaired) electrons. The van der Waals surface area contributed by atoms with E-state index in [2.05, 4.69) is 5.10 Å². The lowest BCUT2D eigenvalue weighted by molar-refractivity contribution is -0.138. The van der Waals surface area contributed by atoms with Gasteiger partial charge in [0.2, 0.25) is 6.79 Å². The molecule has 0 bridgehead atoms. The monoisotopic (exact) mass is 348 g/mol. The number of rotatable bonds is 5. The maximum absolute atomic E-state index is 11.8. The molecule has 3 rings (SSSR count). The highest BCUT2D eigenvalue weighted by molar-refractivity contribution is 6.32. The molecule has 0 fully saturated rings. The SMILES string of the molecule is Cc1cc(C)n(CCOC(=O)/C=C/c2cc(Cl)c3c(c2)OCO3)n1. The summed E-state index contributed by atoms with van der Waals surface area (Å²) in [5.41, 5.74) is 2.72. The number of carbonyl (C=O) groups excluding carboxylic acids is 1. The second kappa shape index (κ2) is 6.97. The van der Waals surface area contributed by atoms with E-state index in [-0.39, 0.29) is 13.4 Å². The average Bonchev–Trinajstić information content (AvgIpc) is 3.12. The molecule has 1 aromatic carbocycles. The van der Waals surface area contributed by atoms with E-state index in [0.29, 0.717) is 23.1 Å². The van der Waals surface area contributed by atoms with Crippen LogP contribution in [0.3, 0.4) is 0 Å². The van der Waals surface area contributed by atoms with Crippen molar-refractivity contribution in [1.29, 1.82) is 0 Å². The molecule has 2 heterocycles. The number of aromatic nitrogens is 2. The molecule has 1 aliphatic rings. The highest BCUT2D eigenvalue weighted by atomic mass is 35.5. The van der Waals surface area contributed by atoms with Gasteiger partial charge in [-0.2, -0.15) is 5.10 Å². The molecule has 126 valence electrons. The summed E-state index contributed by atoms with van der Waals surface area (Å²) in [5.74, 6) is 0.673. The Morgan fingerprint density at radius 2 is 2.21 bits per heavy atom. The summed E-state index contributed by atoms with van der Waals surface area (Å²) >= 11 is 6.09. The molecule has 24 heavy (non-hydrogen) atoms. The summed E-state index contributed by atoms with van der Waals surface area (Å²) in [6.07, 6.45) is 2.98. The van der Waals surface area contributed by atoms with E-state index >= 15 is 0 Å². The summed E-state index contributed by atoms with van der Waals surface area (Å²) in [4.78, 5) is 11.8. The van der Waals surface area contributed by atoms with Crippen LogP contribution in [0.1, 0.15) is 17.0 Å². The maximum Gasteiger partial charge on any atom is 0.330 e. The highest BCUT2D eigenvalue weighted by Crippen LogP contribution is 2.40. The lowest BCUT2D eigenvalue weighted by Gasteiger charge is -2.05. The molecule has 0 atom stereocenters.